The number of hydrogen-bond donors (Lipinski definition) is 1. The van der Waals surface area contributed by atoms with E-state index in [1.54, 1.807) is 6.20 Å². The molecule has 1 aromatic heterocycles. The van der Waals surface area contributed by atoms with E-state index in [4.69, 9.17) is 23.2 Å². The van der Waals surface area contributed by atoms with Crippen LogP contribution in [-0.4, -0.2) is 11.0 Å². The van der Waals surface area contributed by atoms with Crippen LogP contribution in [-0.2, 0) is 0 Å². The second kappa shape index (κ2) is 5.40. The smallest absolute Gasteiger partial charge is 0.152 e. The molecule has 3 rings (SSSR count). The highest BCUT2D eigenvalue weighted by Crippen LogP contribution is 2.39. The Hall–Kier alpha value is -1.25. The van der Waals surface area contributed by atoms with Crippen molar-refractivity contribution < 1.29 is 0 Å². The van der Waals surface area contributed by atoms with E-state index in [2.05, 4.69) is 22.4 Å². The van der Waals surface area contributed by atoms with Crippen molar-refractivity contribution in [2.45, 2.75) is 24.8 Å². The third-order valence-corrected chi connectivity index (χ3v) is 4.11. The molecule has 1 aliphatic carbocycles. The number of hydrogen-bond acceptors (Lipinski definition) is 2. The lowest BCUT2D eigenvalue weighted by Crippen LogP contribution is -2.34. The molecule has 1 N–H and O–H groups in total. The summed E-state index contributed by atoms with van der Waals surface area (Å²) in [4.78, 5) is 4.06. The van der Waals surface area contributed by atoms with Crippen molar-refractivity contribution in [3.8, 4) is 0 Å². The molecule has 0 unspecified atom stereocenters. The van der Waals surface area contributed by atoms with Crippen LogP contribution in [0.2, 0.25) is 10.2 Å². The lowest BCUT2D eigenvalue weighted by atomic mass is 9.76. The molecule has 1 aromatic carbocycles. The van der Waals surface area contributed by atoms with Gasteiger partial charge in [0.1, 0.15) is 0 Å². The Kier molecular flexibility index (Phi) is 3.63. The van der Waals surface area contributed by atoms with Crippen molar-refractivity contribution in [2.75, 3.05) is 5.32 Å². The number of anilines is 1. The van der Waals surface area contributed by atoms with E-state index in [1.165, 1.54) is 5.56 Å². The maximum absolute atomic E-state index is 6.03. The van der Waals surface area contributed by atoms with E-state index in [0.717, 1.165) is 23.6 Å². The Morgan fingerprint density at radius 1 is 1.11 bits per heavy atom. The van der Waals surface area contributed by atoms with Gasteiger partial charge in [0.2, 0.25) is 0 Å². The Morgan fingerprint density at radius 2 is 1.95 bits per heavy atom. The third-order valence-electron chi connectivity index (χ3n) is 3.58. The van der Waals surface area contributed by atoms with Gasteiger partial charge in [0, 0.05) is 17.3 Å². The van der Waals surface area contributed by atoms with Crippen LogP contribution in [0.5, 0.6) is 0 Å². The Labute approximate surface area is 122 Å². The van der Waals surface area contributed by atoms with Crippen LogP contribution < -0.4 is 5.32 Å². The fourth-order valence-corrected chi connectivity index (χ4v) is 2.85. The van der Waals surface area contributed by atoms with Crippen LogP contribution in [0.4, 0.5) is 5.69 Å². The summed E-state index contributed by atoms with van der Waals surface area (Å²) in [5, 5.41) is 4.78. The second-order valence-corrected chi connectivity index (χ2v) is 5.70. The maximum Gasteiger partial charge on any atom is 0.152 e. The zero-order valence-electron chi connectivity index (χ0n) is 10.3. The van der Waals surface area contributed by atoms with Crippen molar-refractivity contribution in [1.82, 2.24) is 4.98 Å². The average Bonchev–Trinajstić information content (AvgIpc) is 2.35. The third kappa shape index (κ3) is 2.85. The fourth-order valence-electron chi connectivity index (χ4n) is 2.48. The summed E-state index contributed by atoms with van der Waals surface area (Å²) in [5.41, 5.74) is 2.24. The first-order chi connectivity index (χ1) is 9.22. The molecule has 1 aliphatic rings. The number of pyridine rings is 1. The molecular formula is C15H14Cl2N2. The number of nitrogens with zero attached hydrogens (tertiary/aromatic N) is 1. The first-order valence-corrected chi connectivity index (χ1v) is 7.10. The van der Waals surface area contributed by atoms with E-state index in [1.807, 2.05) is 24.3 Å². The van der Waals surface area contributed by atoms with E-state index >= 15 is 0 Å². The molecule has 2 aromatic rings. The van der Waals surface area contributed by atoms with Crippen molar-refractivity contribution in [1.29, 1.82) is 0 Å². The van der Waals surface area contributed by atoms with Crippen molar-refractivity contribution >= 4 is 28.9 Å². The Morgan fingerprint density at radius 3 is 2.68 bits per heavy atom. The van der Waals surface area contributed by atoms with Gasteiger partial charge >= 0.3 is 0 Å². The monoisotopic (exact) mass is 292 g/mol. The molecule has 0 amide bonds. The second-order valence-electron chi connectivity index (χ2n) is 4.91. The molecule has 0 spiro atoms. The summed E-state index contributed by atoms with van der Waals surface area (Å²) in [5.74, 6) is 0.589. The predicted octanol–water partition coefficient (Wildman–Crippen LogP) is 4.75. The van der Waals surface area contributed by atoms with Gasteiger partial charge in [-0.3, -0.25) is 0 Å². The summed E-state index contributed by atoms with van der Waals surface area (Å²) < 4.78 is 0. The molecule has 0 radical (unpaired) electrons. The van der Waals surface area contributed by atoms with Crippen LogP contribution in [0.1, 0.15) is 24.3 Å². The van der Waals surface area contributed by atoms with E-state index in [0.29, 0.717) is 17.1 Å². The van der Waals surface area contributed by atoms with Gasteiger partial charge < -0.3 is 5.32 Å². The number of halogens is 2. The van der Waals surface area contributed by atoms with Gasteiger partial charge in [-0.1, -0.05) is 35.3 Å². The molecule has 19 heavy (non-hydrogen) atoms. The molecule has 0 saturated heterocycles. The van der Waals surface area contributed by atoms with Crippen LogP contribution in [0.3, 0.4) is 0 Å². The van der Waals surface area contributed by atoms with Crippen LogP contribution in [0, 0.1) is 0 Å². The summed E-state index contributed by atoms with van der Waals surface area (Å²) in [6, 6.07) is 12.4. The molecule has 2 nitrogen and oxygen atoms in total. The summed E-state index contributed by atoms with van der Waals surface area (Å²) in [6.45, 7) is 0. The highest BCUT2D eigenvalue weighted by molar-refractivity contribution is 6.32. The zero-order valence-corrected chi connectivity index (χ0v) is 11.8. The average molecular weight is 293 g/mol. The normalized spacial score (nSPS) is 21.8. The van der Waals surface area contributed by atoms with Crippen molar-refractivity contribution in [3.63, 3.8) is 0 Å². The molecule has 0 bridgehead atoms. The minimum atomic E-state index is 0.464. The highest BCUT2D eigenvalue weighted by Gasteiger charge is 2.30. The number of nitrogens with one attached hydrogen (secondary N) is 1. The number of benzene rings is 1. The molecule has 98 valence electrons. The first-order valence-electron chi connectivity index (χ1n) is 6.35. The Balaban J connectivity index is 1.60. The molecule has 1 saturated carbocycles. The minimum absolute atomic E-state index is 0.464. The lowest BCUT2D eigenvalue weighted by Gasteiger charge is -2.37. The fraction of sp³-hybridized carbons (Fsp3) is 0.267. The largest absolute Gasteiger partial charge is 0.380 e. The molecule has 4 heteroatoms. The predicted molar refractivity (Wildman–Crippen MR) is 80.1 cm³/mol. The van der Waals surface area contributed by atoms with Crippen molar-refractivity contribution in [3.05, 3.63) is 58.3 Å². The van der Waals surface area contributed by atoms with E-state index in [-0.39, 0.29) is 0 Å². The molecule has 1 heterocycles. The molecule has 1 fully saturated rings. The van der Waals surface area contributed by atoms with Crippen molar-refractivity contribution in [2.24, 2.45) is 0 Å². The Bertz CT molecular complexity index is 580. The molecule has 0 aliphatic heterocycles. The van der Waals surface area contributed by atoms with Gasteiger partial charge in [-0.2, -0.15) is 0 Å². The number of aromatic nitrogens is 1. The van der Waals surface area contributed by atoms with E-state index < -0.39 is 0 Å². The zero-order chi connectivity index (χ0) is 13.2. The van der Waals surface area contributed by atoms with Gasteiger partial charge in [-0.15, -0.1) is 0 Å². The van der Waals surface area contributed by atoms with Crippen LogP contribution in [0.15, 0.2) is 42.6 Å². The quantitative estimate of drug-likeness (QED) is 0.826. The topological polar surface area (TPSA) is 24.9 Å². The summed E-state index contributed by atoms with van der Waals surface area (Å²) in [6.07, 6.45) is 3.90. The van der Waals surface area contributed by atoms with Gasteiger partial charge in [0.15, 0.2) is 5.15 Å². The number of rotatable bonds is 3. The SMILES string of the molecule is Clc1cccc(C2CC(Nc3cccnc3Cl)C2)c1. The standard InChI is InChI=1S/C15H14Cl2N2/c16-12-4-1-3-10(7-12)11-8-13(9-11)19-14-5-2-6-18-15(14)17/h1-7,11,13,19H,8-9H2. The van der Waals surface area contributed by atoms with E-state index in [9.17, 15) is 0 Å². The van der Waals surface area contributed by atoms with Gasteiger partial charge in [0.05, 0.1) is 5.69 Å². The first kappa shape index (κ1) is 12.8. The molecular weight excluding hydrogens is 279 g/mol. The lowest BCUT2D eigenvalue weighted by molar-refractivity contribution is 0.374. The van der Waals surface area contributed by atoms with Crippen LogP contribution in [0.25, 0.3) is 0 Å². The summed E-state index contributed by atoms with van der Waals surface area (Å²) >= 11 is 12.0. The minimum Gasteiger partial charge on any atom is -0.380 e. The van der Waals surface area contributed by atoms with Gasteiger partial charge in [0.25, 0.3) is 0 Å². The molecule has 0 atom stereocenters. The highest BCUT2D eigenvalue weighted by atomic mass is 35.5. The van der Waals surface area contributed by atoms with Gasteiger partial charge in [-0.25, -0.2) is 4.98 Å². The maximum atomic E-state index is 6.03. The summed E-state index contributed by atoms with van der Waals surface area (Å²) in [7, 11) is 0. The van der Waals surface area contributed by atoms with Crippen LogP contribution >= 0.6 is 23.2 Å². The van der Waals surface area contributed by atoms with Gasteiger partial charge in [-0.05, 0) is 48.6 Å².